The Morgan fingerprint density at radius 2 is 2.11 bits per heavy atom. The molecule has 1 atom stereocenters. The molecule has 0 saturated carbocycles. The summed E-state index contributed by atoms with van der Waals surface area (Å²) in [7, 11) is -2.88. The number of nitrogens with zero attached hydrogens (tertiary/aromatic N) is 2. The second-order valence-corrected chi connectivity index (χ2v) is 7.76. The van der Waals surface area contributed by atoms with E-state index in [1.54, 1.807) is 0 Å². The zero-order chi connectivity index (χ0) is 14.3. The van der Waals surface area contributed by atoms with Crippen LogP contribution in [-0.2, 0) is 16.3 Å². The zero-order valence-electron chi connectivity index (χ0n) is 11.8. The molecule has 0 amide bonds. The molecule has 1 aromatic rings. The van der Waals surface area contributed by atoms with Crippen molar-refractivity contribution in [1.82, 2.24) is 14.9 Å². The van der Waals surface area contributed by atoms with E-state index in [-0.39, 0.29) is 11.8 Å². The molecule has 7 heteroatoms. The van der Waals surface area contributed by atoms with Gasteiger partial charge in [-0.2, -0.15) is 0 Å². The number of rotatable bonds is 9. The highest BCUT2D eigenvalue weighted by atomic mass is 32.2. The number of aromatic nitrogens is 2. The molecular formula is C12H23N3O2S2. The molecule has 0 spiro atoms. The largest absolute Gasteiger partial charge is 0.309 e. The summed E-state index contributed by atoms with van der Waals surface area (Å²) in [6.07, 6.45) is 4.68. The van der Waals surface area contributed by atoms with Crippen molar-refractivity contribution in [2.45, 2.75) is 45.6 Å². The topological polar surface area (TPSA) is 72.0 Å². The minimum absolute atomic E-state index is 0.177. The highest BCUT2D eigenvalue weighted by molar-refractivity contribution is 7.90. The molecule has 1 rings (SSSR count). The van der Waals surface area contributed by atoms with E-state index < -0.39 is 9.84 Å². The first-order valence-electron chi connectivity index (χ1n) is 6.70. The van der Waals surface area contributed by atoms with E-state index >= 15 is 0 Å². The Kier molecular flexibility index (Phi) is 6.88. The van der Waals surface area contributed by atoms with Crippen LogP contribution < -0.4 is 5.32 Å². The molecule has 110 valence electrons. The Labute approximate surface area is 119 Å². The molecule has 0 aromatic carbocycles. The zero-order valence-corrected chi connectivity index (χ0v) is 13.5. The van der Waals surface area contributed by atoms with E-state index in [0.29, 0.717) is 6.42 Å². The van der Waals surface area contributed by atoms with Crippen LogP contribution in [-0.4, -0.2) is 36.6 Å². The first kappa shape index (κ1) is 16.5. The molecule has 0 aliphatic carbocycles. The third-order valence-electron chi connectivity index (χ3n) is 2.89. The van der Waals surface area contributed by atoms with Crippen LogP contribution in [0.4, 0.5) is 0 Å². The standard InChI is InChI=1S/C12H23N3O2S2/c1-4-8-13-11(7-6-9-19(3,16)17)12-10(5-2)14-15-18-12/h11,13H,4-9H2,1-3H3. The molecule has 0 fully saturated rings. The first-order chi connectivity index (χ1) is 8.98. The van der Waals surface area contributed by atoms with Crippen molar-refractivity contribution in [2.24, 2.45) is 0 Å². The fourth-order valence-corrected chi connectivity index (χ4v) is 3.46. The van der Waals surface area contributed by atoms with E-state index in [4.69, 9.17) is 0 Å². The molecule has 1 N–H and O–H groups in total. The van der Waals surface area contributed by atoms with Gasteiger partial charge in [0.05, 0.1) is 10.6 Å². The van der Waals surface area contributed by atoms with Crippen molar-refractivity contribution < 1.29 is 8.42 Å². The summed E-state index contributed by atoms with van der Waals surface area (Å²) in [6.45, 7) is 5.10. The highest BCUT2D eigenvalue weighted by Gasteiger charge is 2.18. The van der Waals surface area contributed by atoms with E-state index in [2.05, 4.69) is 28.8 Å². The van der Waals surface area contributed by atoms with Gasteiger partial charge in [0, 0.05) is 18.1 Å². The van der Waals surface area contributed by atoms with Gasteiger partial charge in [0.2, 0.25) is 0 Å². The molecule has 0 saturated heterocycles. The highest BCUT2D eigenvalue weighted by Crippen LogP contribution is 2.25. The van der Waals surface area contributed by atoms with Gasteiger partial charge in [0.15, 0.2) is 0 Å². The molecule has 5 nitrogen and oxygen atoms in total. The Balaban J connectivity index is 2.66. The van der Waals surface area contributed by atoms with Gasteiger partial charge >= 0.3 is 0 Å². The summed E-state index contributed by atoms with van der Waals surface area (Å²) in [5.74, 6) is 0.241. The molecule has 0 radical (unpaired) electrons. The Morgan fingerprint density at radius 1 is 1.37 bits per heavy atom. The number of hydrogen-bond donors (Lipinski definition) is 1. The lowest BCUT2D eigenvalue weighted by molar-refractivity contribution is 0.495. The first-order valence-corrected chi connectivity index (χ1v) is 9.53. The van der Waals surface area contributed by atoms with Gasteiger partial charge in [-0.3, -0.25) is 0 Å². The SMILES string of the molecule is CCCNC(CCCS(C)(=O)=O)c1snnc1CC. The second-order valence-electron chi connectivity index (χ2n) is 4.72. The van der Waals surface area contributed by atoms with Crippen LogP contribution in [0, 0.1) is 0 Å². The average molecular weight is 305 g/mol. The van der Waals surface area contributed by atoms with Crippen molar-refractivity contribution in [2.75, 3.05) is 18.6 Å². The van der Waals surface area contributed by atoms with Gasteiger partial charge in [0.25, 0.3) is 0 Å². The van der Waals surface area contributed by atoms with Crippen LogP contribution in [0.5, 0.6) is 0 Å². The maximum Gasteiger partial charge on any atom is 0.147 e. The minimum Gasteiger partial charge on any atom is -0.309 e. The van der Waals surface area contributed by atoms with Crippen LogP contribution in [0.15, 0.2) is 0 Å². The number of nitrogens with one attached hydrogen (secondary N) is 1. The maximum absolute atomic E-state index is 11.2. The number of hydrogen-bond acceptors (Lipinski definition) is 6. The normalized spacial score (nSPS) is 13.6. The molecular weight excluding hydrogens is 282 g/mol. The molecule has 19 heavy (non-hydrogen) atoms. The van der Waals surface area contributed by atoms with Crippen molar-refractivity contribution in [3.05, 3.63) is 10.6 Å². The molecule has 0 bridgehead atoms. The van der Waals surface area contributed by atoms with E-state index in [1.807, 2.05) is 0 Å². The number of sulfone groups is 1. The molecule has 0 aliphatic heterocycles. The van der Waals surface area contributed by atoms with Crippen molar-refractivity contribution in [1.29, 1.82) is 0 Å². The van der Waals surface area contributed by atoms with Crippen molar-refractivity contribution in [3.63, 3.8) is 0 Å². The monoisotopic (exact) mass is 305 g/mol. The van der Waals surface area contributed by atoms with Crippen molar-refractivity contribution >= 4 is 21.4 Å². The summed E-state index contributed by atoms with van der Waals surface area (Å²) < 4.78 is 26.4. The smallest absolute Gasteiger partial charge is 0.147 e. The lowest BCUT2D eigenvalue weighted by Gasteiger charge is -2.17. The lowest BCUT2D eigenvalue weighted by Crippen LogP contribution is -2.23. The van der Waals surface area contributed by atoms with Gasteiger partial charge < -0.3 is 5.32 Å². The molecule has 0 aliphatic rings. The summed E-state index contributed by atoms with van der Waals surface area (Å²) in [4.78, 5) is 1.16. The summed E-state index contributed by atoms with van der Waals surface area (Å²) in [6, 6.07) is 0.177. The fraction of sp³-hybridized carbons (Fsp3) is 0.833. The van der Waals surface area contributed by atoms with Gasteiger partial charge in [0.1, 0.15) is 9.84 Å². The Morgan fingerprint density at radius 3 is 2.68 bits per heavy atom. The van der Waals surface area contributed by atoms with Crippen LogP contribution in [0.3, 0.4) is 0 Å². The van der Waals surface area contributed by atoms with Gasteiger partial charge in [-0.1, -0.05) is 18.3 Å². The van der Waals surface area contributed by atoms with Crippen LogP contribution in [0.2, 0.25) is 0 Å². The van der Waals surface area contributed by atoms with Crippen molar-refractivity contribution in [3.8, 4) is 0 Å². The van der Waals surface area contributed by atoms with E-state index in [0.717, 1.165) is 36.4 Å². The summed E-state index contributed by atoms with van der Waals surface area (Å²) >= 11 is 1.42. The van der Waals surface area contributed by atoms with E-state index in [9.17, 15) is 8.42 Å². The molecule has 1 aromatic heterocycles. The third-order valence-corrected chi connectivity index (χ3v) is 4.80. The fourth-order valence-electron chi connectivity index (χ4n) is 1.92. The van der Waals surface area contributed by atoms with Gasteiger partial charge in [-0.15, -0.1) is 5.10 Å². The molecule has 1 heterocycles. The summed E-state index contributed by atoms with van der Waals surface area (Å²) in [5.41, 5.74) is 1.03. The average Bonchev–Trinajstić information content (AvgIpc) is 2.80. The van der Waals surface area contributed by atoms with Gasteiger partial charge in [-0.05, 0) is 43.8 Å². The predicted octanol–water partition coefficient (Wildman–Crippen LogP) is 1.97. The van der Waals surface area contributed by atoms with Gasteiger partial charge in [-0.25, -0.2) is 8.42 Å². The van der Waals surface area contributed by atoms with Crippen LogP contribution >= 0.6 is 11.5 Å². The Bertz CT molecular complexity index is 471. The number of aryl methyl sites for hydroxylation is 1. The lowest BCUT2D eigenvalue weighted by atomic mass is 10.1. The predicted molar refractivity (Wildman–Crippen MR) is 79.3 cm³/mol. The minimum atomic E-state index is -2.88. The molecule has 1 unspecified atom stereocenters. The van der Waals surface area contributed by atoms with Crippen LogP contribution in [0.1, 0.15) is 49.7 Å². The third kappa shape index (κ3) is 5.97. The second kappa shape index (κ2) is 7.91. The maximum atomic E-state index is 11.2. The van der Waals surface area contributed by atoms with E-state index in [1.165, 1.54) is 17.8 Å². The summed E-state index contributed by atoms with van der Waals surface area (Å²) in [5, 5.41) is 7.60. The quantitative estimate of drug-likeness (QED) is 0.755. The Hall–Kier alpha value is -0.530. The van der Waals surface area contributed by atoms with Crippen LogP contribution in [0.25, 0.3) is 0 Å².